The van der Waals surface area contributed by atoms with E-state index in [1.165, 1.54) is 11.1 Å². The fraction of sp³-hybridized carbons (Fsp3) is 0.500. The zero-order valence-corrected chi connectivity index (χ0v) is 16.7. The highest BCUT2D eigenvalue weighted by atomic mass is 16.3. The SMILES string of the molecule is CCn1cc(C=C2CC3C4CCc5cc(O)ccc5C4CCC3(C)C2=O)cn1. The molecule has 28 heavy (non-hydrogen) atoms. The Kier molecular flexibility index (Phi) is 4.01. The molecule has 146 valence electrons. The maximum atomic E-state index is 13.4. The average Bonchev–Trinajstić information content (AvgIpc) is 3.25. The Morgan fingerprint density at radius 3 is 3.00 bits per heavy atom. The quantitative estimate of drug-likeness (QED) is 0.771. The lowest BCUT2D eigenvalue weighted by atomic mass is 9.55. The minimum Gasteiger partial charge on any atom is -0.508 e. The smallest absolute Gasteiger partial charge is 0.165 e. The number of phenols is 1. The van der Waals surface area contributed by atoms with Crippen molar-refractivity contribution in [3.05, 3.63) is 52.9 Å². The van der Waals surface area contributed by atoms with Crippen molar-refractivity contribution in [2.45, 2.75) is 58.4 Å². The van der Waals surface area contributed by atoms with Crippen LogP contribution in [0.4, 0.5) is 0 Å². The van der Waals surface area contributed by atoms with Crippen molar-refractivity contribution in [1.29, 1.82) is 0 Å². The van der Waals surface area contributed by atoms with Crippen LogP contribution in [0, 0.1) is 17.3 Å². The average molecular weight is 377 g/mol. The molecule has 4 unspecified atom stereocenters. The molecule has 4 heteroatoms. The molecule has 1 aromatic heterocycles. The Balaban J connectivity index is 1.47. The first-order chi connectivity index (χ1) is 13.5. The summed E-state index contributed by atoms with van der Waals surface area (Å²) in [7, 11) is 0. The van der Waals surface area contributed by atoms with Crippen LogP contribution in [0.3, 0.4) is 0 Å². The monoisotopic (exact) mass is 376 g/mol. The third kappa shape index (κ3) is 2.57. The number of hydrogen-bond acceptors (Lipinski definition) is 3. The summed E-state index contributed by atoms with van der Waals surface area (Å²) in [6.45, 7) is 5.12. The van der Waals surface area contributed by atoms with Crippen molar-refractivity contribution in [2.75, 3.05) is 0 Å². The summed E-state index contributed by atoms with van der Waals surface area (Å²) in [6.07, 6.45) is 11.0. The van der Waals surface area contributed by atoms with Gasteiger partial charge in [-0.15, -0.1) is 0 Å². The molecular formula is C24H28N2O2. The molecule has 0 saturated heterocycles. The number of allylic oxidation sites excluding steroid dienone is 1. The molecule has 0 amide bonds. The van der Waals surface area contributed by atoms with Gasteiger partial charge in [-0.1, -0.05) is 13.0 Å². The summed E-state index contributed by atoms with van der Waals surface area (Å²) in [5.74, 6) is 2.23. The molecule has 0 aliphatic heterocycles. The van der Waals surface area contributed by atoms with E-state index in [1.807, 2.05) is 29.2 Å². The van der Waals surface area contributed by atoms with E-state index in [-0.39, 0.29) is 5.41 Å². The highest BCUT2D eigenvalue weighted by Crippen LogP contribution is 2.60. The van der Waals surface area contributed by atoms with Gasteiger partial charge < -0.3 is 5.11 Å². The van der Waals surface area contributed by atoms with Crippen LogP contribution in [0.1, 0.15) is 62.1 Å². The van der Waals surface area contributed by atoms with Crippen molar-refractivity contribution >= 4 is 11.9 Å². The zero-order valence-electron chi connectivity index (χ0n) is 16.7. The Hall–Kier alpha value is -2.36. The number of aryl methyl sites for hydroxylation is 2. The van der Waals surface area contributed by atoms with Crippen LogP contribution in [0.25, 0.3) is 6.08 Å². The second-order valence-corrected chi connectivity index (χ2v) is 9.09. The number of benzene rings is 1. The molecule has 0 bridgehead atoms. The standard InChI is InChI=1S/C24H28N2O2/c1-3-26-14-15(13-25-26)10-17-12-22-21-6-4-16-11-18(27)5-7-19(16)20(21)8-9-24(22,2)23(17)28/h5,7,10-11,13-14,20-22,27H,3-4,6,8-9,12H2,1-2H3. The fourth-order valence-electron chi connectivity index (χ4n) is 6.20. The summed E-state index contributed by atoms with van der Waals surface area (Å²) in [5.41, 5.74) is 4.51. The van der Waals surface area contributed by atoms with Crippen molar-refractivity contribution in [3.63, 3.8) is 0 Å². The van der Waals surface area contributed by atoms with Gasteiger partial charge in [-0.2, -0.15) is 5.10 Å². The third-order valence-electron chi connectivity index (χ3n) is 7.67. The van der Waals surface area contributed by atoms with E-state index in [0.29, 0.717) is 29.3 Å². The number of nitrogens with zero attached hydrogens (tertiary/aromatic N) is 2. The van der Waals surface area contributed by atoms with Crippen LogP contribution in [0.15, 0.2) is 36.2 Å². The van der Waals surface area contributed by atoms with E-state index in [0.717, 1.165) is 49.8 Å². The molecule has 2 fully saturated rings. The van der Waals surface area contributed by atoms with Gasteiger partial charge in [0, 0.05) is 23.7 Å². The summed E-state index contributed by atoms with van der Waals surface area (Å²) in [5, 5.41) is 14.2. The number of Topliss-reactive ketones (excluding diaryl/α,β-unsaturated/α-hetero) is 1. The van der Waals surface area contributed by atoms with Crippen molar-refractivity contribution in [2.24, 2.45) is 17.3 Å². The lowest BCUT2D eigenvalue weighted by molar-refractivity contribution is -0.127. The minimum absolute atomic E-state index is 0.220. The Morgan fingerprint density at radius 2 is 2.21 bits per heavy atom. The van der Waals surface area contributed by atoms with Crippen LogP contribution in [-0.2, 0) is 17.8 Å². The maximum Gasteiger partial charge on any atom is 0.165 e. The van der Waals surface area contributed by atoms with Gasteiger partial charge in [0.2, 0.25) is 0 Å². The number of ketones is 1. The lowest BCUT2D eigenvalue weighted by Crippen LogP contribution is -2.42. The molecule has 3 aliphatic carbocycles. The molecule has 2 saturated carbocycles. The minimum atomic E-state index is -0.220. The summed E-state index contributed by atoms with van der Waals surface area (Å²) in [4.78, 5) is 13.4. The normalized spacial score (nSPS) is 32.9. The predicted octanol–water partition coefficient (Wildman–Crippen LogP) is 4.73. The van der Waals surface area contributed by atoms with Crippen LogP contribution < -0.4 is 0 Å². The van der Waals surface area contributed by atoms with E-state index in [9.17, 15) is 9.90 Å². The van der Waals surface area contributed by atoms with Crippen LogP contribution in [-0.4, -0.2) is 20.7 Å². The second-order valence-electron chi connectivity index (χ2n) is 9.09. The lowest BCUT2D eigenvalue weighted by Gasteiger charge is -2.48. The fourth-order valence-corrected chi connectivity index (χ4v) is 6.20. The molecule has 3 aliphatic rings. The molecule has 2 aromatic rings. The summed E-state index contributed by atoms with van der Waals surface area (Å²) < 4.78 is 1.91. The number of aromatic hydroxyl groups is 1. The van der Waals surface area contributed by atoms with E-state index < -0.39 is 0 Å². The van der Waals surface area contributed by atoms with Crippen molar-refractivity contribution in [3.8, 4) is 5.75 Å². The largest absolute Gasteiger partial charge is 0.508 e. The highest BCUT2D eigenvalue weighted by molar-refractivity contribution is 6.05. The van der Waals surface area contributed by atoms with E-state index >= 15 is 0 Å². The third-order valence-corrected chi connectivity index (χ3v) is 7.67. The van der Waals surface area contributed by atoms with Gasteiger partial charge in [-0.05, 0) is 91.7 Å². The molecule has 4 nitrogen and oxygen atoms in total. The molecule has 5 rings (SSSR count). The number of rotatable bonds is 2. The topological polar surface area (TPSA) is 55.1 Å². The van der Waals surface area contributed by atoms with E-state index in [4.69, 9.17) is 0 Å². The molecule has 0 radical (unpaired) electrons. The first-order valence-corrected chi connectivity index (χ1v) is 10.6. The number of carbonyl (C=O) groups is 1. The van der Waals surface area contributed by atoms with Gasteiger partial charge >= 0.3 is 0 Å². The molecule has 1 N–H and O–H groups in total. The highest BCUT2D eigenvalue weighted by Gasteiger charge is 2.56. The molecular weight excluding hydrogens is 348 g/mol. The Morgan fingerprint density at radius 1 is 1.36 bits per heavy atom. The molecule has 4 atom stereocenters. The van der Waals surface area contributed by atoms with Gasteiger partial charge in [0.05, 0.1) is 6.20 Å². The molecule has 0 spiro atoms. The van der Waals surface area contributed by atoms with Crippen molar-refractivity contribution in [1.82, 2.24) is 9.78 Å². The summed E-state index contributed by atoms with van der Waals surface area (Å²) in [6, 6.07) is 5.89. The predicted molar refractivity (Wildman–Crippen MR) is 109 cm³/mol. The first-order valence-electron chi connectivity index (χ1n) is 10.6. The maximum absolute atomic E-state index is 13.4. The van der Waals surface area contributed by atoms with Gasteiger partial charge in [-0.3, -0.25) is 9.48 Å². The number of carbonyl (C=O) groups excluding carboxylic acids is 1. The molecule has 1 aromatic carbocycles. The number of hydrogen-bond donors (Lipinski definition) is 1. The van der Waals surface area contributed by atoms with E-state index in [2.05, 4.69) is 31.1 Å². The van der Waals surface area contributed by atoms with Gasteiger partial charge in [0.15, 0.2) is 5.78 Å². The zero-order chi connectivity index (χ0) is 19.5. The van der Waals surface area contributed by atoms with Gasteiger partial charge in [0.25, 0.3) is 0 Å². The van der Waals surface area contributed by atoms with Crippen molar-refractivity contribution < 1.29 is 9.90 Å². The Bertz CT molecular complexity index is 973. The molecule has 1 heterocycles. The van der Waals surface area contributed by atoms with Crippen LogP contribution >= 0.6 is 0 Å². The number of aromatic nitrogens is 2. The second kappa shape index (κ2) is 6.33. The first kappa shape index (κ1) is 17.7. The van der Waals surface area contributed by atoms with E-state index in [1.54, 1.807) is 0 Å². The van der Waals surface area contributed by atoms with Crippen LogP contribution in [0.2, 0.25) is 0 Å². The van der Waals surface area contributed by atoms with Crippen LogP contribution in [0.5, 0.6) is 5.75 Å². The number of fused-ring (bicyclic) bond motifs is 5. The van der Waals surface area contributed by atoms with Gasteiger partial charge in [-0.25, -0.2) is 0 Å². The Labute approximate surface area is 166 Å². The summed E-state index contributed by atoms with van der Waals surface area (Å²) >= 11 is 0. The van der Waals surface area contributed by atoms with Gasteiger partial charge in [0.1, 0.15) is 5.75 Å². The number of phenolic OH excluding ortho intramolecular Hbond substituents is 1.